The number of nitrogens with zero attached hydrogens (tertiary/aromatic N) is 1. The number of hydrogen-bond donors (Lipinski definition) is 0. The van der Waals surface area contributed by atoms with E-state index in [0.717, 1.165) is 32.6 Å². The van der Waals surface area contributed by atoms with E-state index in [1.54, 1.807) is 30.3 Å². The lowest BCUT2D eigenvalue weighted by atomic mass is 10.0. The predicted octanol–water partition coefficient (Wildman–Crippen LogP) is 7.06. The van der Waals surface area contributed by atoms with E-state index in [1.807, 2.05) is 66.7 Å². The van der Waals surface area contributed by atoms with Crippen LogP contribution in [0.3, 0.4) is 0 Å². The number of carbonyl (C=O) groups excluding carboxylic acids is 3. The van der Waals surface area contributed by atoms with Crippen molar-refractivity contribution in [2.24, 2.45) is 0 Å². The van der Waals surface area contributed by atoms with Gasteiger partial charge in [0.2, 0.25) is 0 Å². The van der Waals surface area contributed by atoms with Crippen molar-refractivity contribution < 1.29 is 19.1 Å². The van der Waals surface area contributed by atoms with Crippen LogP contribution in [0.4, 0.5) is 4.79 Å². The summed E-state index contributed by atoms with van der Waals surface area (Å²) in [5.41, 5.74) is 1.82. The molecule has 0 aromatic heterocycles. The number of benzene rings is 4. The van der Waals surface area contributed by atoms with Crippen molar-refractivity contribution in [1.29, 1.82) is 0 Å². The molecular formula is C28H18BrNO4S. The van der Waals surface area contributed by atoms with Crippen LogP contribution >= 0.6 is 27.7 Å². The van der Waals surface area contributed by atoms with Gasteiger partial charge in [0.15, 0.2) is 0 Å². The Kier molecular flexibility index (Phi) is 6.53. The fourth-order valence-corrected chi connectivity index (χ4v) is 5.03. The fraction of sp³-hybridized carbons (Fsp3) is 0.0357. The SMILES string of the molecule is O=C(Oc1ccc(Br)cc1/C=C1\SC(=O)N(Cc2ccccc2)C1=O)c1cccc2ccccc12. The second-order valence-corrected chi connectivity index (χ2v) is 9.76. The van der Waals surface area contributed by atoms with E-state index in [-0.39, 0.29) is 22.6 Å². The van der Waals surface area contributed by atoms with E-state index >= 15 is 0 Å². The van der Waals surface area contributed by atoms with Gasteiger partial charge in [-0.2, -0.15) is 0 Å². The average Bonchev–Trinajstić information content (AvgIpc) is 3.13. The summed E-state index contributed by atoms with van der Waals surface area (Å²) in [6.07, 6.45) is 1.59. The van der Waals surface area contributed by atoms with Gasteiger partial charge < -0.3 is 4.74 Å². The van der Waals surface area contributed by atoms with Crippen LogP contribution in [-0.4, -0.2) is 22.0 Å². The Morgan fingerprint density at radius 2 is 1.66 bits per heavy atom. The maximum absolute atomic E-state index is 13.1. The second kappa shape index (κ2) is 9.90. The van der Waals surface area contributed by atoms with Crippen LogP contribution in [0.5, 0.6) is 5.75 Å². The Balaban J connectivity index is 1.43. The molecule has 0 saturated carbocycles. The Morgan fingerprint density at radius 3 is 2.49 bits per heavy atom. The molecule has 35 heavy (non-hydrogen) atoms. The molecule has 0 radical (unpaired) electrons. The third-order valence-corrected chi connectivity index (χ3v) is 6.93. The quantitative estimate of drug-likeness (QED) is 0.153. The highest BCUT2D eigenvalue weighted by atomic mass is 79.9. The first-order valence-corrected chi connectivity index (χ1v) is 12.4. The largest absolute Gasteiger partial charge is 0.422 e. The summed E-state index contributed by atoms with van der Waals surface area (Å²) >= 11 is 4.30. The van der Waals surface area contributed by atoms with Gasteiger partial charge in [-0.1, -0.05) is 82.7 Å². The van der Waals surface area contributed by atoms with Crippen molar-refractivity contribution in [3.8, 4) is 5.75 Å². The maximum Gasteiger partial charge on any atom is 0.344 e. The van der Waals surface area contributed by atoms with E-state index < -0.39 is 5.97 Å². The van der Waals surface area contributed by atoms with E-state index in [2.05, 4.69) is 15.9 Å². The summed E-state index contributed by atoms with van der Waals surface area (Å²) in [4.78, 5) is 40.1. The van der Waals surface area contributed by atoms with Crippen molar-refractivity contribution in [3.63, 3.8) is 0 Å². The molecule has 5 rings (SSSR count). The number of imide groups is 1. The number of carbonyl (C=O) groups is 3. The van der Waals surface area contributed by atoms with E-state index in [4.69, 9.17) is 4.74 Å². The average molecular weight is 544 g/mol. The molecule has 0 aliphatic carbocycles. The lowest BCUT2D eigenvalue weighted by Gasteiger charge is -2.12. The molecule has 1 aliphatic heterocycles. The molecule has 1 heterocycles. The summed E-state index contributed by atoms with van der Waals surface area (Å²) in [5, 5.41) is 1.39. The van der Waals surface area contributed by atoms with Gasteiger partial charge in [0.25, 0.3) is 11.1 Å². The Morgan fingerprint density at radius 1 is 0.914 bits per heavy atom. The van der Waals surface area contributed by atoms with Crippen LogP contribution in [0.15, 0.2) is 100 Å². The van der Waals surface area contributed by atoms with Crippen LogP contribution in [0.25, 0.3) is 16.8 Å². The first kappa shape index (κ1) is 23.1. The number of amides is 2. The molecule has 1 aliphatic rings. The first-order chi connectivity index (χ1) is 17.0. The molecular weight excluding hydrogens is 526 g/mol. The highest BCUT2D eigenvalue weighted by molar-refractivity contribution is 9.10. The number of halogens is 1. The summed E-state index contributed by atoms with van der Waals surface area (Å²) < 4.78 is 6.51. The Bertz CT molecular complexity index is 1490. The molecule has 172 valence electrons. The summed E-state index contributed by atoms with van der Waals surface area (Å²) in [6.45, 7) is 0.199. The van der Waals surface area contributed by atoms with Crippen molar-refractivity contribution in [3.05, 3.63) is 117 Å². The van der Waals surface area contributed by atoms with Crippen molar-refractivity contribution in [2.45, 2.75) is 6.54 Å². The maximum atomic E-state index is 13.1. The van der Waals surface area contributed by atoms with Crippen LogP contribution in [0.2, 0.25) is 0 Å². The number of thioether (sulfide) groups is 1. The molecule has 5 nitrogen and oxygen atoms in total. The molecule has 0 spiro atoms. The zero-order chi connectivity index (χ0) is 24.4. The van der Waals surface area contributed by atoms with Crippen LogP contribution in [0.1, 0.15) is 21.5 Å². The molecule has 4 aromatic carbocycles. The minimum Gasteiger partial charge on any atom is -0.422 e. The van der Waals surface area contributed by atoms with Crippen LogP contribution in [0, 0.1) is 0 Å². The van der Waals surface area contributed by atoms with E-state index in [1.165, 1.54) is 4.90 Å². The minimum atomic E-state index is -0.504. The molecule has 4 aromatic rings. The number of ether oxygens (including phenoxy) is 1. The normalized spacial score (nSPS) is 14.7. The Labute approximate surface area is 214 Å². The van der Waals surface area contributed by atoms with Gasteiger partial charge >= 0.3 is 5.97 Å². The highest BCUT2D eigenvalue weighted by Gasteiger charge is 2.35. The summed E-state index contributed by atoms with van der Waals surface area (Å²) in [6, 6.07) is 27.6. The van der Waals surface area contributed by atoms with Gasteiger partial charge in [-0.25, -0.2) is 4.79 Å². The minimum absolute atomic E-state index is 0.199. The summed E-state index contributed by atoms with van der Waals surface area (Å²) in [7, 11) is 0. The van der Waals surface area contributed by atoms with Crippen molar-refractivity contribution in [1.82, 2.24) is 4.90 Å². The third-order valence-electron chi connectivity index (χ3n) is 5.53. The van der Waals surface area contributed by atoms with Crippen LogP contribution < -0.4 is 4.74 Å². The monoisotopic (exact) mass is 543 g/mol. The molecule has 1 fully saturated rings. The molecule has 2 amide bonds. The molecule has 0 unspecified atom stereocenters. The topological polar surface area (TPSA) is 63.7 Å². The first-order valence-electron chi connectivity index (χ1n) is 10.8. The van der Waals surface area contributed by atoms with Crippen LogP contribution in [-0.2, 0) is 11.3 Å². The molecule has 0 N–H and O–H groups in total. The molecule has 0 atom stereocenters. The summed E-state index contributed by atoms with van der Waals surface area (Å²) in [5.74, 6) is -0.591. The second-order valence-electron chi connectivity index (χ2n) is 7.85. The van der Waals surface area contributed by atoms with Gasteiger partial charge in [-0.15, -0.1) is 0 Å². The zero-order valence-electron chi connectivity index (χ0n) is 18.3. The number of hydrogen-bond acceptors (Lipinski definition) is 5. The fourth-order valence-electron chi connectivity index (χ4n) is 3.83. The smallest absolute Gasteiger partial charge is 0.344 e. The third kappa shape index (κ3) is 4.92. The standard InChI is InChI=1S/C28H18BrNO4S/c29-21-13-14-24(34-27(32)23-12-6-10-19-9-4-5-11-22(19)23)20(15-21)16-25-26(31)30(28(33)35-25)17-18-7-2-1-3-8-18/h1-16H,17H2/b25-16-. The lowest BCUT2D eigenvalue weighted by molar-refractivity contribution is -0.123. The van der Waals surface area contributed by atoms with E-state index in [9.17, 15) is 14.4 Å². The lowest BCUT2D eigenvalue weighted by Crippen LogP contribution is -2.27. The van der Waals surface area contributed by atoms with Crippen molar-refractivity contribution >= 4 is 61.7 Å². The molecule has 1 saturated heterocycles. The Hall–Kier alpha value is -3.68. The molecule has 0 bridgehead atoms. The van der Waals surface area contributed by atoms with Crippen molar-refractivity contribution in [2.75, 3.05) is 0 Å². The number of esters is 1. The van der Waals surface area contributed by atoms with Gasteiger partial charge in [-0.3, -0.25) is 14.5 Å². The van der Waals surface area contributed by atoms with Gasteiger partial charge in [0, 0.05) is 10.0 Å². The highest BCUT2D eigenvalue weighted by Crippen LogP contribution is 2.36. The van der Waals surface area contributed by atoms with Gasteiger partial charge in [-0.05, 0) is 58.4 Å². The van der Waals surface area contributed by atoms with E-state index in [0.29, 0.717) is 16.9 Å². The number of rotatable bonds is 5. The molecule has 7 heteroatoms. The van der Waals surface area contributed by atoms with Gasteiger partial charge in [0.05, 0.1) is 17.0 Å². The van der Waals surface area contributed by atoms with Gasteiger partial charge in [0.1, 0.15) is 5.75 Å². The predicted molar refractivity (Wildman–Crippen MR) is 141 cm³/mol. The zero-order valence-corrected chi connectivity index (χ0v) is 20.7. The number of fused-ring (bicyclic) bond motifs is 1.